The van der Waals surface area contributed by atoms with Crippen LogP contribution in [-0.2, 0) is 16.4 Å². The Hall–Kier alpha value is -3.16. The molecular weight excluding hydrogens is 436 g/mol. The zero-order valence-corrected chi connectivity index (χ0v) is 18.2. The number of hydrogen-bond acceptors (Lipinski definition) is 4. The van der Waals surface area contributed by atoms with E-state index in [4.69, 9.17) is 11.6 Å². The smallest absolute Gasteiger partial charge is 0.259 e. The molecular formula is C23H19ClN2O4S. The number of nitrogens with one attached hydrogen (secondary N) is 1. The van der Waals surface area contributed by atoms with E-state index >= 15 is 0 Å². The molecule has 1 aliphatic rings. The number of carbonyl (C=O) groups excluding carboxylic acids is 2. The van der Waals surface area contributed by atoms with Crippen LogP contribution in [-0.4, -0.2) is 26.8 Å². The van der Waals surface area contributed by atoms with Crippen molar-refractivity contribution in [3.05, 3.63) is 88.4 Å². The first-order valence-electron chi connectivity index (χ1n) is 9.65. The number of carbonyl (C=O) groups is 2. The van der Waals surface area contributed by atoms with E-state index in [1.165, 1.54) is 35.2 Å². The topological polar surface area (TPSA) is 83.6 Å². The van der Waals surface area contributed by atoms with Gasteiger partial charge in [0.2, 0.25) is 9.84 Å². The number of amides is 2. The quantitative estimate of drug-likeness (QED) is 0.643. The third kappa shape index (κ3) is 3.82. The SMILES string of the molecule is CCN1C(=O)c2ccccc2S(=O)(=O)c2ccc(C(=O)NCc3ccc(Cl)cc3)cc21. The zero-order valence-electron chi connectivity index (χ0n) is 16.6. The second-order valence-electron chi connectivity index (χ2n) is 7.04. The van der Waals surface area contributed by atoms with Crippen LogP contribution in [0.4, 0.5) is 5.69 Å². The number of halogens is 1. The fourth-order valence-corrected chi connectivity index (χ4v) is 5.31. The van der Waals surface area contributed by atoms with Crippen molar-refractivity contribution >= 4 is 38.9 Å². The van der Waals surface area contributed by atoms with E-state index in [0.29, 0.717) is 5.02 Å². The Kier molecular flexibility index (Phi) is 5.56. The van der Waals surface area contributed by atoms with E-state index < -0.39 is 15.7 Å². The van der Waals surface area contributed by atoms with Crippen LogP contribution >= 0.6 is 11.6 Å². The molecule has 31 heavy (non-hydrogen) atoms. The minimum absolute atomic E-state index is 0.00176. The molecule has 0 spiro atoms. The summed E-state index contributed by atoms with van der Waals surface area (Å²) in [5.41, 5.74) is 1.45. The first-order chi connectivity index (χ1) is 14.8. The van der Waals surface area contributed by atoms with Gasteiger partial charge >= 0.3 is 0 Å². The Balaban J connectivity index is 1.71. The fraction of sp³-hybridized carbons (Fsp3) is 0.130. The van der Waals surface area contributed by atoms with E-state index in [2.05, 4.69) is 5.32 Å². The van der Waals surface area contributed by atoms with E-state index in [1.807, 2.05) is 0 Å². The summed E-state index contributed by atoms with van der Waals surface area (Å²) in [4.78, 5) is 27.2. The number of nitrogens with zero attached hydrogens (tertiary/aromatic N) is 1. The molecule has 0 fully saturated rings. The summed E-state index contributed by atoms with van der Waals surface area (Å²) < 4.78 is 26.5. The average Bonchev–Trinajstić information content (AvgIpc) is 2.85. The maximum Gasteiger partial charge on any atom is 0.259 e. The van der Waals surface area contributed by atoms with Gasteiger partial charge in [-0.2, -0.15) is 0 Å². The molecule has 0 atom stereocenters. The van der Waals surface area contributed by atoms with Crippen LogP contribution in [0.1, 0.15) is 33.2 Å². The van der Waals surface area contributed by atoms with Gasteiger partial charge in [0.25, 0.3) is 11.8 Å². The van der Waals surface area contributed by atoms with Gasteiger partial charge < -0.3 is 10.2 Å². The van der Waals surface area contributed by atoms with Crippen LogP contribution in [0, 0.1) is 0 Å². The number of rotatable bonds is 4. The van der Waals surface area contributed by atoms with Crippen molar-refractivity contribution in [3.63, 3.8) is 0 Å². The Labute approximate surface area is 185 Å². The van der Waals surface area contributed by atoms with Crippen molar-refractivity contribution < 1.29 is 18.0 Å². The number of hydrogen-bond donors (Lipinski definition) is 1. The third-order valence-electron chi connectivity index (χ3n) is 5.14. The molecule has 3 aromatic carbocycles. The van der Waals surface area contributed by atoms with Gasteiger partial charge in [-0.1, -0.05) is 35.9 Å². The minimum atomic E-state index is -3.92. The Bertz CT molecular complexity index is 1290. The lowest BCUT2D eigenvalue weighted by molar-refractivity contribution is 0.0947. The van der Waals surface area contributed by atoms with Crippen LogP contribution in [0.2, 0.25) is 5.02 Å². The molecule has 0 aliphatic carbocycles. The molecule has 0 aromatic heterocycles. The van der Waals surface area contributed by atoms with Crippen LogP contribution in [0.5, 0.6) is 0 Å². The highest BCUT2D eigenvalue weighted by atomic mass is 35.5. The van der Waals surface area contributed by atoms with Crippen LogP contribution in [0.15, 0.2) is 76.5 Å². The highest BCUT2D eigenvalue weighted by Gasteiger charge is 2.35. The lowest BCUT2D eigenvalue weighted by Crippen LogP contribution is -2.31. The number of fused-ring (bicyclic) bond motifs is 2. The normalized spacial score (nSPS) is 14.4. The number of benzene rings is 3. The van der Waals surface area contributed by atoms with Gasteiger partial charge in [0, 0.05) is 23.7 Å². The molecule has 6 nitrogen and oxygen atoms in total. The molecule has 1 N–H and O–H groups in total. The highest BCUT2D eigenvalue weighted by molar-refractivity contribution is 7.91. The lowest BCUT2D eigenvalue weighted by Gasteiger charge is -2.21. The van der Waals surface area contributed by atoms with Crippen LogP contribution in [0.3, 0.4) is 0 Å². The summed E-state index contributed by atoms with van der Waals surface area (Å²) in [7, 11) is -3.92. The Morgan fingerprint density at radius 3 is 2.42 bits per heavy atom. The molecule has 0 bridgehead atoms. The van der Waals surface area contributed by atoms with Gasteiger partial charge in [-0.25, -0.2) is 8.42 Å². The molecule has 1 heterocycles. The van der Waals surface area contributed by atoms with Gasteiger partial charge in [0.15, 0.2) is 0 Å². The maximum absolute atomic E-state index is 13.3. The summed E-state index contributed by atoms with van der Waals surface area (Å²) in [5, 5.41) is 3.41. The lowest BCUT2D eigenvalue weighted by atomic mass is 10.1. The van der Waals surface area contributed by atoms with Crippen LogP contribution in [0.25, 0.3) is 0 Å². The number of sulfone groups is 1. The third-order valence-corrected chi connectivity index (χ3v) is 7.25. The van der Waals surface area contributed by atoms with Crippen molar-refractivity contribution in [2.24, 2.45) is 0 Å². The monoisotopic (exact) mass is 454 g/mol. The summed E-state index contributed by atoms with van der Waals surface area (Å²) in [6.45, 7) is 2.30. The van der Waals surface area contributed by atoms with Crippen molar-refractivity contribution in [3.8, 4) is 0 Å². The fourth-order valence-electron chi connectivity index (χ4n) is 3.55. The summed E-state index contributed by atoms with van der Waals surface area (Å²) in [6.07, 6.45) is 0. The zero-order chi connectivity index (χ0) is 22.2. The van der Waals surface area contributed by atoms with E-state index in [1.54, 1.807) is 43.3 Å². The van der Waals surface area contributed by atoms with Gasteiger partial charge in [0.05, 0.1) is 21.0 Å². The molecule has 0 radical (unpaired) electrons. The van der Waals surface area contributed by atoms with Crippen molar-refractivity contribution in [2.45, 2.75) is 23.3 Å². The molecule has 8 heteroatoms. The second-order valence-corrected chi connectivity index (χ2v) is 9.36. The first kappa shape index (κ1) is 21.1. The van der Waals surface area contributed by atoms with Crippen molar-refractivity contribution in [2.75, 3.05) is 11.4 Å². The van der Waals surface area contributed by atoms with E-state index in [0.717, 1.165) is 5.56 Å². The molecule has 2 amide bonds. The van der Waals surface area contributed by atoms with Gasteiger partial charge in [0.1, 0.15) is 0 Å². The Morgan fingerprint density at radius 2 is 1.71 bits per heavy atom. The van der Waals surface area contributed by atoms with Gasteiger partial charge in [-0.05, 0) is 55.0 Å². The molecule has 0 saturated heterocycles. The summed E-state index contributed by atoms with van der Waals surface area (Å²) in [5.74, 6) is -0.792. The van der Waals surface area contributed by atoms with E-state index in [-0.39, 0.29) is 45.6 Å². The molecule has 158 valence electrons. The molecule has 0 saturated carbocycles. The van der Waals surface area contributed by atoms with E-state index in [9.17, 15) is 18.0 Å². The average molecular weight is 455 g/mol. The van der Waals surface area contributed by atoms with Gasteiger partial charge in [-0.3, -0.25) is 9.59 Å². The number of anilines is 1. The van der Waals surface area contributed by atoms with Crippen LogP contribution < -0.4 is 10.2 Å². The molecule has 1 aliphatic heterocycles. The Morgan fingerprint density at radius 1 is 1.00 bits per heavy atom. The summed E-state index contributed by atoms with van der Waals surface area (Å²) in [6, 6.07) is 17.5. The second kappa shape index (κ2) is 8.17. The standard InChI is InChI=1S/C23H19ClN2O4S/c1-2-26-19-13-16(22(27)25-14-15-7-10-17(24)11-8-15)9-12-21(19)31(29,30)20-6-4-3-5-18(20)23(26)28/h3-13H,2,14H2,1H3,(H,25,27). The summed E-state index contributed by atoms with van der Waals surface area (Å²) >= 11 is 5.88. The van der Waals surface area contributed by atoms with Gasteiger partial charge in [-0.15, -0.1) is 0 Å². The molecule has 0 unspecified atom stereocenters. The van der Waals surface area contributed by atoms with Crippen molar-refractivity contribution in [1.82, 2.24) is 5.32 Å². The first-order valence-corrected chi connectivity index (χ1v) is 11.5. The van der Waals surface area contributed by atoms with Crippen molar-refractivity contribution in [1.29, 1.82) is 0 Å². The highest BCUT2D eigenvalue weighted by Crippen LogP contribution is 2.37. The molecule has 4 rings (SSSR count). The predicted molar refractivity (Wildman–Crippen MR) is 118 cm³/mol. The maximum atomic E-state index is 13.3. The molecule has 3 aromatic rings. The largest absolute Gasteiger partial charge is 0.348 e. The predicted octanol–water partition coefficient (Wildman–Crippen LogP) is 4.08. The minimum Gasteiger partial charge on any atom is -0.348 e.